The van der Waals surface area contributed by atoms with E-state index in [9.17, 15) is 18.0 Å². The van der Waals surface area contributed by atoms with Crippen molar-refractivity contribution in [1.29, 1.82) is 0 Å². The Morgan fingerprint density at radius 3 is 2.15 bits per heavy atom. The average molecular weight is 568 g/mol. The van der Waals surface area contributed by atoms with Crippen LogP contribution in [0.1, 0.15) is 37.0 Å². The third-order valence-corrected chi connectivity index (χ3v) is 8.95. The molecule has 0 aliphatic carbocycles. The van der Waals surface area contributed by atoms with Gasteiger partial charge in [0, 0.05) is 18.0 Å². The number of rotatable bonds is 12. The number of carbonyl (C=O) groups is 2. The van der Waals surface area contributed by atoms with Crippen molar-refractivity contribution in [2.24, 2.45) is 0 Å². The molecule has 0 aromatic heterocycles. The highest BCUT2D eigenvalue weighted by Gasteiger charge is 2.33. The van der Waals surface area contributed by atoms with Gasteiger partial charge in [0.2, 0.25) is 11.8 Å². The number of aryl methyl sites for hydroxylation is 2. The molecule has 9 heteroatoms. The molecule has 1 atom stereocenters. The number of benzene rings is 3. The molecule has 208 valence electrons. The predicted octanol–water partition coefficient (Wildman–Crippen LogP) is 5.16. The third-order valence-electron chi connectivity index (χ3n) is 6.42. The van der Waals surface area contributed by atoms with Crippen molar-refractivity contribution in [2.75, 3.05) is 23.7 Å². The van der Waals surface area contributed by atoms with Crippen molar-refractivity contribution < 1.29 is 18.0 Å². The fourth-order valence-electron chi connectivity index (χ4n) is 4.33. The van der Waals surface area contributed by atoms with Crippen LogP contribution in [0.5, 0.6) is 0 Å². The van der Waals surface area contributed by atoms with Crippen LogP contribution in [0.2, 0.25) is 0 Å². The van der Waals surface area contributed by atoms with Crippen molar-refractivity contribution in [3.8, 4) is 0 Å². The normalized spacial score (nSPS) is 12.0. The van der Waals surface area contributed by atoms with Gasteiger partial charge in [-0.1, -0.05) is 54.4 Å². The van der Waals surface area contributed by atoms with Crippen LogP contribution < -0.4 is 9.62 Å². The predicted molar refractivity (Wildman–Crippen MR) is 158 cm³/mol. The summed E-state index contributed by atoms with van der Waals surface area (Å²) in [5.74, 6) is -0.724. The number of hydrogen-bond acceptors (Lipinski definition) is 5. The minimum Gasteiger partial charge on any atom is -0.355 e. The maximum atomic E-state index is 14.0. The summed E-state index contributed by atoms with van der Waals surface area (Å²) in [5.41, 5.74) is 3.24. The standard InChI is InChI=1S/C30H37N3O4S2/c1-6-28(30(35)31-7-2)32(20-24-10-8-9-23(4)19-24)29(34)21-33(25-13-11-22(3)12-14-25)39(36,37)27-17-15-26(38-5)16-18-27/h8-19,28H,6-7,20-21H2,1-5H3,(H,31,35). The van der Waals surface area contributed by atoms with Crippen LogP contribution in [0, 0.1) is 13.8 Å². The number of anilines is 1. The number of carbonyl (C=O) groups excluding carboxylic acids is 2. The molecule has 1 unspecified atom stereocenters. The number of sulfonamides is 1. The van der Waals surface area contributed by atoms with Crippen LogP contribution in [-0.2, 0) is 26.2 Å². The Bertz CT molecular complexity index is 1370. The van der Waals surface area contributed by atoms with E-state index in [1.807, 2.05) is 70.3 Å². The van der Waals surface area contributed by atoms with Gasteiger partial charge in [0.1, 0.15) is 12.6 Å². The molecule has 2 amide bonds. The summed E-state index contributed by atoms with van der Waals surface area (Å²) in [6.45, 7) is 7.71. The third kappa shape index (κ3) is 7.64. The zero-order valence-electron chi connectivity index (χ0n) is 23.2. The molecule has 0 heterocycles. The van der Waals surface area contributed by atoms with E-state index in [1.165, 1.54) is 16.7 Å². The van der Waals surface area contributed by atoms with Crippen LogP contribution in [0.4, 0.5) is 5.69 Å². The average Bonchev–Trinajstić information content (AvgIpc) is 2.92. The summed E-state index contributed by atoms with van der Waals surface area (Å²) in [5, 5.41) is 2.82. The molecule has 3 rings (SSSR count). The van der Waals surface area contributed by atoms with Gasteiger partial charge in [-0.15, -0.1) is 11.8 Å². The fraction of sp³-hybridized carbons (Fsp3) is 0.333. The highest BCUT2D eigenvalue weighted by molar-refractivity contribution is 7.98. The summed E-state index contributed by atoms with van der Waals surface area (Å²) in [4.78, 5) is 29.5. The van der Waals surface area contributed by atoms with E-state index in [1.54, 1.807) is 36.4 Å². The van der Waals surface area contributed by atoms with Gasteiger partial charge in [-0.3, -0.25) is 13.9 Å². The first-order valence-corrected chi connectivity index (χ1v) is 15.6. The van der Waals surface area contributed by atoms with E-state index in [4.69, 9.17) is 0 Å². The Hall–Kier alpha value is -3.30. The molecule has 0 aliphatic rings. The summed E-state index contributed by atoms with van der Waals surface area (Å²) < 4.78 is 29.0. The lowest BCUT2D eigenvalue weighted by atomic mass is 10.1. The van der Waals surface area contributed by atoms with Gasteiger partial charge in [0.15, 0.2) is 0 Å². The molecule has 0 radical (unpaired) electrons. The quantitative estimate of drug-likeness (QED) is 0.306. The van der Waals surface area contributed by atoms with Crippen LogP contribution in [0.15, 0.2) is 82.6 Å². The van der Waals surface area contributed by atoms with E-state index in [0.717, 1.165) is 25.9 Å². The molecule has 0 bridgehead atoms. The monoisotopic (exact) mass is 567 g/mol. The van der Waals surface area contributed by atoms with Gasteiger partial charge >= 0.3 is 0 Å². The smallest absolute Gasteiger partial charge is 0.264 e. The lowest BCUT2D eigenvalue weighted by molar-refractivity contribution is -0.140. The molecule has 1 N–H and O–H groups in total. The minimum atomic E-state index is -4.09. The van der Waals surface area contributed by atoms with Crippen LogP contribution in [0.3, 0.4) is 0 Å². The SMILES string of the molecule is CCNC(=O)C(CC)N(Cc1cccc(C)c1)C(=O)CN(c1ccc(C)cc1)S(=O)(=O)c1ccc(SC)cc1. The van der Waals surface area contributed by atoms with E-state index in [-0.39, 0.29) is 17.3 Å². The summed E-state index contributed by atoms with van der Waals surface area (Å²) >= 11 is 1.52. The van der Waals surface area contributed by atoms with Gasteiger partial charge in [0.05, 0.1) is 10.6 Å². The maximum absolute atomic E-state index is 14.0. The van der Waals surface area contributed by atoms with E-state index < -0.39 is 28.5 Å². The number of nitrogens with zero attached hydrogens (tertiary/aromatic N) is 2. The molecule has 0 fully saturated rings. The van der Waals surface area contributed by atoms with Gasteiger partial charge < -0.3 is 10.2 Å². The molecule has 39 heavy (non-hydrogen) atoms. The second-order valence-electron chi connectivity index (χ2n) is 9.35. The Balaban J connectivity index is 2.05. The minimum absolute atomic E-state index is 0.0923. The van der Waals surface area contributed by atoms with Crippen LogP contribution in [-0.4, -0.2) is 50.5 Å². The largest absolute Gasteiger partial charge is 0.355 e. The Labute approximate surface area is 236 Å². The Morgan fingerprint density at radius 2 is 1.59 bits per heavy atom. The summed E-state index contributed by atoms with van der Waals surface area (Å²) in [6, 6.07) is 20.6. The van der Waals surface area contributed by atoms with Crippen LogP contribution in [0.25, 0.3) is 0 Å². The maximum Gasteiger partial charge on any atom is 0.264 e. The number of thioether (sulfide) groups is 1. The van der Waals surface area contributed by atoms with Gasteiger partial charge in [-0.2, -0.15) is 0 Å². The zero-order chi connectivity index (χ0) is 28.6. The van der Waals surface area contributed by atoms with E-state index in [2.05, 4.69) is 5.32 Å². The Morgan fingerprint density at radius 1 is 0.923 bits per heavy atom. The summed E-state index contributed by atoms with van der Waals surface area (Å²) in [6.07, 6.45) is 2.30. The molecule has 0 spiro atoms. The number of nitrogens with one attached hydrogen (secondary N) is 1. The zero-order valence-corrected chi connectivity index (χ0v) is 24.8. The lowest BCUT2D eigenvalue weighted by Crippen LogP contribution is -2.52. The highest BCUT2D eigenvalue weighted by atomic mass is 32.2. The molecular formula is C30H37N3O4S2. The van der Waals surface area contributed by atoms with Crippen molar-refractivity contribution in [3.63, 3.8) is 0 Å². The molecule has 0 aliphatic heterocycles. The van der Waals surface area contributed by atoms with Crippen LogP contribution >= 0.6 is 11.8 Å². The molecule has 7 nitrogen and oxygen atoms in total. The number of amides is 2. The molecule has 0 saturated heterocycles. The van der Waals surface area contributed by atoms with Gasteiger partial charge in [-0.05, 0) is 75.4 Å². The van der Waals surface area contributed by atoms with Crippen molar-refractivity contribution >= 4 is 39.3 Å². The second kappa shape index (κ2) is 13.7. The lowest BCUT2D eigenvalue weighted by Gasteiger charge is -2.33. The molecular weight excluding hydrogens is 530 g/mol. The number of hydrogen-bond donors (Lipinski definition) is 1. The van der Waals surface area contributed by atoms with Gasteiger partial charge in [0.25, 0.3) is 10.0 Å². The Kier molecular flexibility index (Phi) is 10.6. The number of likely N-dealkylation sites (N-methyl/N-ethyl adjacent to an activating group) is 1. The van der Waals surface area contributed by atoms with Gasteiger partial charge in [-0.25, -0.2) is 8.42 Å². The van der Waals surface area contributed by atoms with E-state index >= 15 is 0 Å². The van der Waals surface area contributed by atoms with Crippen molar-refractivity contribution in [2.45, 2.75) is 56.5 Å². The first-order valence-electron chi connectivity index (χ1n) is 13.0. The highest BCUT2D eigenvalue weighted by Crippen LogP contribution is 2.27. The topological polar surface area (TPSA) is 86.8 Å². The first-order chi connectivity index (χ1) is 18.6. The van der Waals surface area contributed by atoms with E-state index in [0.29, 0.717) is 18.7 Å². The van der Waals surface area contributed by atoms with Crippen molar-refractivity contribution in [3.05, 3.63) is 89.5 Å². The molecule has 3 aromatic rings. The first kappa shape index (κ1) is 30.2. The molecule has 3 aromatic carbocycles. The van der Waals surface area contributed by atoms with Crippen molar-refractivity contribution in [1.82, 2.24) is 10.2 Å². The molecule has 0 saturated carbocycles. The second-order valence-corrected chi connectivity index (χ2v) is 12.1. The summed E-state index contributed by atoms with van der Waals surface area (Å²) in [7, 11) is -4.09. The fourth-order valence-corrected chi connectivity index (χ4v) is 6.16.